The second-order valence-electron chi connectivity index (χ2n) is 2.96. The van der Waals surface area contributed by atoms with Crippen LogP contribution in [0, 0.1) is 11.3 Å². The lowest BCUT2D eigenvalue weighted by atomic mass is 10.3. The lowest BCUT2D eigenvalue weighted by molar-refractivity contribution is -0.117. The van der Waals surface area contributed by atoms with E-state index in [0.717, 1.165) is 0 Å². The second-order valence-corrected chi connectivity index (χ2v) is 2.96. The topological polar surface area (TPSA) is 48.7 Å². The average Bonchev–Trinajstić information content (AvgIpc) is 2.26. The van der Waals surface area contributed by atoms with E-state index in [0.29, 0.717) is 0 Å². The minimum Gasteiger partial charge on any atom is -0.379 e. The number of hydrogen-bond acceptors (Lipinski definition) is 3. The van der Waals surface area contributed by atoms with Gasteiger partial charge in [-0.2, -0.15) is 14.0 Å². The van der Waals surface area contributed by atoms with Crippen LogP contribution in [-0.2, 0) is 0 Å². The van der Waals surface area contributed by atoms with Crippen LogP contribution in [0.4, 0.5) is 23.2 Å². The van der Waals surface area contributed by atoms with Gasteiger partial charge in [-0.25, -0.2) is 13.8 Å². The molecular weight excluding hydrogens is 226 g/mol. The zero-order chi connectivity index (χ0) is 12.2. The summed E-state index contributed by atoms with van der Waals surface area (Å²) in [5, 5.41) is 10.6. The number of halogens is 4. The molecule has 7 heteroatoms. The van der Waals surface area contributed by atoms with Gasteiger partial charge < -0.3 is 5.32 Å². The Balaban J connectivity index is 2.65. The maximum atomic E-state index is 12.5. The van der Waals surface area contributed by atoms with Crippen molar-refractivity contribution >= 4 is 5.69 Å². The first kappa shape index (κ1) is 12.2. The third kappa shape index (κ3) is 3.08. The van der Waals surface area contributed by atoms with Crippen molar-refractivity contribution in [1.82, 2.24) is 4.98 Å². The predicted molar refractivity (Wildman–Crippen MR) is 48.4 cm³/mol. The van der Waals surface area contributed by atoms with Gasteiger partial charge in [-0.3, -0.25) is 0 Å². The van der Waals surface area contributed by atoms with E-state index < -0.39 is 18.9 Å². The molecule has 1 N–H and O–H groups in total. The van der Waals surface area contributed by atoms with E-state index in [9.17, 15) is 17.6 Å². The van der Waals surface area contributed by atoms with Gasteiger partial charge in [0, 0.05) is 11.9 Å². The molecule has 3 nitrogen and oxygen atoms in total. The van der Waals surface area contributed by atoms with Crippen LogP contribution in [0.25, 0.3) is 0 Å². The molecule has 0 spiro atoms. The zero-order valence-electron chi connectivity index (χ0n) is 7.92. The lowest BCUT2D eigenvalue weighted by Gasteiger charge is -2.16. The summed E-state index contributed by atoms with van der Waals surface area (Å²) in [6.45, 7) is -1.19. The Morgan fingerprint density at radius 1 is 1.50 bits per heavy atom. The van der Waals surface area contributed by atoms with Crippen molar-refractivity contribution in [2.75, 3.05) is 11.9 Å². The van der Waals surface area contributed by atoms with Crippen molar-refractivity contribution in [1.29, 1.82) is 5.26 Å². The molecule has 0 fully saturated rings. The Bertz CT molecular complexity index is 400. The molecule has 0 saturated carbocycles. The first-order valence-electron chi connectivity index (χ1n) is 4.21. The molecule has 1 heterocycles. The second kappa shape index (κ2) is 4.79. The van der Waals surface area contributed by atoms with Gasteiger partial charge in [-0.05, 0) is 12.1 Å². The van der Waals surface area contributed by atoms with Gasteiger partial charge in [0.1, 0.15) is 11.8 Å². The quantitative estimate of drug-likeness (QED) is 0.811. The molecule has 0 aliphatic heterocycles. The molecule has 0 amide bonds. The van der Waals surface area contributed by atoms with E-state index in [2.05, 4.69) is 10.3 Å². The van der Waals surface area contributed by atoms with E-state index in [-0.39, 0.29) is 11.4 Å². The van der Waals surface area contributed by atoms with Crippen LogP contribution in [0.2, 0.25) is 0 Å². The number of hydrogen-bond donors (Lipinski definition) is 1. The maximum Gasteiger partial charge on any atom is 0.324 e. The van der Waals surface area contributed by atoms with Crippen LogP contribution in [0.3, 0.4) is 0 Å². The fraction of sp³-hybridized carbons (Fsp3) is 0.333. The van der Waals surface area contributed by atoms with E-state index in [4.69, 9.17) is 5.26 Å². The van der Waals surface area contributed by atoms with E-state index in [1.807, 2.05) is 0 Å². The van der Waals surface area contributed by atoms with E-state index in [1.54, 1.807) is 6.07 Å². The molecule has 0 aliphatic carbocycles. The van der Waals surface area contributed by atoms with Gasteiger partial charge in [0.25, 0.3) is 0 Å². The Kier molecular flexibility index (Phi) is 3.66. The number of anilines is 1. The van der Waals surface area contributed by atoms with Crippen LogP contribution in [-0.4, -0.2) is 23.9 Å². The Morgan fingerprint density at radius 3 is 2.75 bits per heavy atom. The minimum atomic E-state index is -4.10. The van der Waals surface area contributed by atoms with Gasteiger partial charge in [0.2, 0.25) is 0 Å². The predicted octanol–water partition coefficient (Wildman–Crippen LogP) is 2.27. The summed E-state index contributed by atoms with van der Waals surface area (Å²) in [6.07, 6.45) is -2.50. The summed E-state index contributed by atoms with van der Waals surface area (Å²) >= 11 is 0. The van der Waals surface area contributed by atoms with Gasteiger partial charge >= 0.3 is 12.3 Å². The van der Waals surface area contributed by atoms with Crippen LogP contribution in [0.1, 0.15) is 5.69 Å². The minimum absolute atomic E-state index is 0.0189. The summed E-state index contributed by atoms with van der Waals surface area (Å²) in [6, 6.07) is 4.20. The molecule has 0 atom stereocenters. The van der Waals surface area contributed by atoms with Crippen LogP contribution in [0.5, 0.6) is 0 Å². The van der Waals surface area contributed by atoms with Gasteiger partial charge in [0.15, 0.2) is 0 Å². The van der Waals surface area contributed by atoms with Crippen molar-refractivity contribution in [3.63, 3.8) is 0 Å². The molecule has 1 aromatic rings. The average molecular weight is 233 g/mol. The molecule has 0 saturated heterocycles. The lowest BCUT2D eigenvalue weighted by Crippen LogP contribution is -2.34. The first-order chi connectivity index (χ1) is 7.45. The van der Waals surface area contributed by atoms with Crippen molar-refractivity contribution in [3.8, 4) is 6.07 Å². The monoisotopic (exact) mass is 233 g/mol. The van der Waals surface area contributed by atoms with Crippen molar-refractivity contribution in [2.24, 2.45) is 0 Å². The van der Waals surface area contributed by atoms with Crippen molar-refractivity contribution < 1.29 is 17.6 Å². The highest BCUT2D eigenvalue weighted by Gasteiger charge is 2.40. The summed E-state index contributed by atoms with van der Waals surface area (Å²) in [5.41, 5.74) is 0.164. The number of nitriles is 1. The standard InChI is InChI=1S/C9H7F4N3/c10-8(11)9(12,13)5-16-6-1-2-15-7(3-6)4-14/h1-3,8H,5H2,(H,15,16). The van der Waals surface area contributed by atoms with Crippen LogP contribution in [0.15, 0.2) is 18.3 Å². The number of pyridine rings is 1. The smallest absolute Gasteiger partial charge is 0.324 e. The number of nitrogens with one attached hydrogen (secondary N) is 1. The van der Waals surface area contributed by atoms with E-state index in [1.165, 1.54) is 18.3 Å². The summed E-state index contributed by atoms with van der Waals surface area (Å²) in [7, 11) is 0. The fourth-order valence-corrected chi connectivity index (χ4v) is 0.899. The van der Waals surface area contributed by atoms with Crippen LogP contribution >= 0.6 is 0 Å². The molecule has 0 aromatic carbocycles. The van der Waals surface area contributed by atoms with Gasteiger partial charge in [-0.1, -0.05) is 0 Å². The molecule has 1 aromatic heterocycles. The van der Waals surface area contributed by atoms with Gasteiger partial charge in [0.05, 0.1) is 6.54 Å². The largest absolute Gasteiger partial charge is 0.379 e. The Labute approximate surface area is 88.7 Å². The highest BCUT2D eigenvalue weighted by atomic mass is 19.3. The Morgan fingerprint density at radius 2 is 2.19 bits per heavy atom. The zero-order valence-corrected chi connectivity index (χ0v) is 7.92. The van der Waals surface area contributed by atoms with Gasteiger partial charge in [-0.15, -0.1) is 0 Å². The third-order valence-corrected chi connectivity index (χ3v) is 1.72. The SMILES string of the molecule is N#Cc1cc(NCC(F)(F)C(F)F)ccn1. The molecule has 0 unspecified atom stereocenters. The molecular formula is C9H7F4N3. The van der Waals surface area contributed by atoms with Crippen molar-refractivity contribution in [3.05, 3.63) is 24.0 Å². The molecule has 1 rings (SSSR count). The number of alkyl halides is 4. The number of rotatable bonds is 4. The highest BCUT2D eigenvalue weighted by Crippen LogP contribution is 2.23. The third-order valence-electron chi connectivity index (χ3n) is 1.72. The number of nitrogens with zero attached hydrogens (tertiary/aromatic N) is 2. The fourth-order valence-electron chi connectivity index (χ4n) is 0.899. The number of aromatic nitrogens is 1. The molecule has 86 valence electrons. The Hall–Kier alpha value is -1.84. The van der Waals surface area contributed by atoms with Crippen molar-refractivity contribution in [2.45, 2.75) is 12.3 Å². The maximum absolute atomic E-state index is 12.5. The van der Waals surface area contributed by atoms with E-state index >= 15 is 0 Å². The summed E-state index contributed by atoms with van der Waals surface area (Å²) in [4.78, 5) is 3.60. The molecule has 16 heavy (non-hydrogen) atoms. The first-order valence-corrected chi connectivity index (χ1v) is 4.21. The molecule has 0 aliphatic rings. The summed E-state index contributed by atoms with van der Waals surface area (Å²) < 4.78 is 48.7. The normalized spacial score (nSPS) is 11.2. The highest BCUT2D eigenvalue weighted by molar-refractivity contribution is 5.46. The van der Waals surface area contributed by atoms with Crippen LogP contribution < -0.4 is 5.32 Å². The molecule has 0 radical (unpaired) electrons. The summed E-state index contributed by atoms with van der Waals surface area (Å²) in [5.74, 6) is -4.10. The molecule has 0 bridgehead atoms.